The summed E-state index contributed by atoms with van der Waals surface area (Å²) in [5.41, 5.74) is 0.891. The van der Waals surface area contributed by atoms with E-state index in [9.17, 15) is 9.18 Å². The van der Waals surface area contributed by atoms with Crippen LogP contribution in [0.15, 0.2) is 18.2 Å². The summed E-state index contributed by atoms with van der Waals surface area (Å²) in [5.74, 6) is -0.339. The van der Waals surface area contributed by atoms with Crippen molar-refractivity contribution in [1.29, 1.82) is 0 Å². The SMILES string of the molecule is Cc1c(C(=O)NCC2(C)CCNCC2)sc2cccc(F)c12.Cl. The van der Waals surface area contributed by atoms with Gasteiger partial charge in [0, 0.05) is 16.6 Å². The van der Waals surface area contributed by atoms with Crippen LogP contribution in [-0.2, 0) is 0 Å². The summed E-state index contributed by atoms with van der Waals surface area (Å²) in [6, 6.07) is 4.99. The van der Waals surface area contributed by atoms with E-state index >= 15 is 0 Å². The van der Waals surface area contributed by atoms with Crippen LogP contribution >= 0.6 is 23.7 Å². The highest BCUT2D eigenvalue weighted by Crippen LogP contribution is 2.33. The number of hydrogen-bond acceptors (Lipinski definition) is 3. The smallest absolute Gasteiger partial charge is 0.261 e. The summed E-state index contributed by atoms with van der Waals surface area (Å²) in [4.78, 5) is 13.1. The quantitative estimate of drug-likeness (QED) is 0.876. The molecule has 0 bridgehead atoms. The van der Waals surface area contributed by atoms with E-state index in [2.05, 4.69) is 17.6 Å². The molecule has 0 saturated carbocycles. The third kappa shape index (κ3) is 3.67. The second-order valence-electron chi connectivity index (χ2n) is 6.41. The first-order chi connectivity index (χ1) is 10.5. The van der Waals surface area contributed by atoms with Crippen molar-refractivity contribution in [2.24, 2.45) is 5.41 Å². The zero-order chi connectivity index (χ0) is 15.7. The van der Waals surface area contributed by atoms with E-state index in [4.69, 9.17) is 0 Å². The van der Waals surface area contributed by atoms with E-state index < -0.39 is 0 Å². The van der Waals surface area contributed by atoms with E-state index in [0.717, 1.165) is 36.2 Å². The molecule has 1 aliphatic rings. The molecule has 0 aliphatic carbocycles. The predicted molar refractivity (Wildman–Crippen MR) is 96.3 cm³/mol. The van der Waals surface area contributed by atoms with Gasteiger partial charge < -0.3 is 10.6 Å². The lowest BCUT2D eigenvalue weighted by atomic mass is 9.81. The van der Waals surface area contributed by atoms with Gasteiger partial charge in [-0.25, -0.2) is 4.39 Å². The van der Waals surface area contributed by atoms with Crippen molar-refractivity contribution in [2.45, 2.75) is 26.7 Å². The Bertz CT molecular complexity index is 710. The van der Waals surface area contributed by atoms with Gasteiger partial charge in [0.1, 0.15) is 5.82 Å². The number of rotatable bonds is 3. The maximum Gasteiger partial charge on any atom is 0.261 e. The Hall–Kier alpha value is -1.17. The molecule has 0 spiro atoms. The molecule has 3 nitrogen and oxygen atoms in total. The van der Waals surface area contributed by atoms with Gasteiger partial charge in [-0.15, -0.1) is 23.7 Å². The summed E-state index contributed by atoms with van der Waals surface area (Å²) in [6.45, 7) is 6.71. The van der Waals surface area contributed by atoms with E-state index in [1.807, 2.05) is 13.0 Å². The summed E-state index contributed by atoms with van der Waals surface area (Å²) in [5, 5.41) is 6.97. The van der Waals surface area contributed by atoms with E-state index in [0.29, 0.717) is 16.8 Å². The Balaban J connectivity index is 0.00000192. The molecule has 0 unspecified atom stereocenters. The average Bonchev–Trinajstić information content (AvgIpc) is 2.84. The lowest BCUT2D eigenvalue weighted by Gasteiger charge is -2.34. The molecular weight excluding hydrogens is 335 g/mol. The second kappa shape index (κ2) is 7.16. The standard InChI is InChI=1S/C17H21FN2OS.ClH/c1-11-14-12(18)4-3-5-13(14)22-15(11)16(21)20-10-17(2)6-8-19-9-7-17;/h3-5,19H,6-10H2,1-2H3,(H,20,21);1H. The summed E-state index contributed by atoms with van der Waals surface area (Å²) < 4.78 is 14.8. The van der Waals surface area contributed by atoms with Gasteiger partial charge in [-0.1, -0.05) is 13.0 Å². The molecule has 2 N–H and O–H groups in total. The average molecular weight is 357 g/mol. The van der Waals surface area contributed by atoms with Crippen LogP contribution in [0.3, 0.4) is 0 Å². The number of halogens is 2. The number of hydrogen-bond donors (Lipinski definition) is 2. The van der Waals surface area contributed by atoms with Crippen LogP contribution in [0.1, 0.15) is 35.0 Å². The molecule has 126 valence electrons. The van der Waals surface area contributed by atoms with Gasteiger partial charge >= 0.3 is 0 Å². The number of piperidine rings is 1. The Kier molecular flexibility index (Phi) is 5.65. The fourth-order valence-corrected chi connectivity index (χ4v) is 4.19. The van der Waals surface area contributed by atoms with Crippen LogP contribution in [0.2, 0.25) is 0 Å². The number of benzene rings is 1. The Labute approximate surface area is 146 Å². The predicted octanol–water partition coefficient (Wildman–Crippen LogP) is 3.89. The van der Waals surface area contributed by atoms with Crippen molar-refractivity contribution in [1.82, 2.24) is 10.6 Å². The molecule has 3 rings (SSSR count). The minimum atomic E-state index is -0.254. The largest absolute Gasteiger partial charge is 0.351 e. The van der Waals surface area contributed by atoms with Crippen molar-refractivity contribution in [3.63, 3.8) is 0 Å². The molecular formula is C17H22ClFN2OS. The van der Waals surface area contributed by atoms with Gasteiger partial charge in [-0.05, 0) is 56.0 Å². The van der Waals surface area contributed by atoms with Crippen molar-refractivity contribution >= 4 is 39.7 Å². The number of carbonyl (C=O) groups is 1. The molecule has 1 fully saturated rings. The molecule has 2 aromatic rings. The number of carbonyl (C=O) groups excluding carboxylic acids is 1. The third-order valence-corrected chi connectivity index (χ3v) is 5.85. The monoisotopic (exact) mass is 356 g/mol. The fourth-order valence-electron chi connectivity index (χ4n) is 3.05. The lowest BCUT2D eigenvalue weighted by molar-refractivity contribution is 0.0926. The zero-order valence-corrected chi connectivity index (χ0v) is 15.0. The molecule has 2 heterocycles. The van der Waals surface area contributed by atoms with E-state index in [1.165, 1.54) is 17.4 Å². The van der Waals surface area contributed by atoms with E-state index in [1.54, 1.807) is 6.07 Å². The molecule has 6 heteroatoms. The van der Waals surface area contributed by atoms with Crippen molar-refractivity contribution in [3.8, 4) is 0 Å². The Morgan fingerprint density at radius 2 is 2.09 bits per heavy atom. The highest BCUT2D eigenvalue weighted by molar-refractivity contribution is 7.21. The Morgan fingerprint density at radius 1 is 1.39 bits per heavy atom. The highest BCUT2D eigenvalue weighted by atomic mass is 35.5. The normalized spacial score (nSPS) is 16.8. The van der Waals surface area contributed by atoms with Gasteiger partial charge in [0.2, 0.25) is 0 Å². The number of nitrogens with one attached hydrogen (secondary N) is 2. The van der Waals surface area contributed by atoms with Crippen molar-refractivity contribution in [3.05, 3.63) is 34.5 Å². The molecule has 1 aliphatic heterocycles. The van der Waals surface area contributed by atoms with Gasteiger partial charge in [0.05, 0.1) is 4.88 Å². The first-order valence-electron chi connectivity index (χ1n) is 7.67. The van der Waals surface area contributed by atoms with Crippen LogP contribution in [-0.4, -0.2) is 25.5 Å². The van der Waals surface area contributed by atoms with Gasteiger partial charge in [-0.2, -0.15) is 0 Å². The first kappa shape index (κ1) is 18.2. The third-order valence-electron chi connectivity index (χ3n) is 4.60. The molecule has 1 saturated heterocycles. The molecule has 0 atom stereocenters. The fraction of sp³-hybridized carbons (Fsp3) is 0.471. The maximum atomic E-state index is 13.9. The first-order valence-corrected chi connectivity index (χ1v) is 8.48. The second-order valence-corrected chi connectivity index (χ2v) is 7.46. The minimum absolute atomic E-state index is 0. The number of aryl methyl sites for hydroxylation is 1. The lowest BCUT2D eigenvalue weighted by Crippen LogP contribution is -2.42. The van der Waals surface area contributed by atoms with Crippen LogP contribution in [0.25, 0.3) is 10.1 Å². The number of thiophene rings is 1. The molecule has 1 amide bonds. The van der Waals surface area contributed by atoms with Crippen molar-refractivity contribution < 1.29 is 9.18 Å². The number of fused-ring (bicyclic) bond motifs is 1. The highest BCUT2D eigenvalue weighted by Gasteiger charge is 2.28. The number of amides is 1. The van der Waals surface area contributed by atoms with Crippen LogP contribution < -0.4 is 10.6 Å². The van der Waals surface area contributed by atoms with Gasteiger partial charge in [0.25, 0.3) is 5.91 Å². The van der Waals surface area contributed by atoms with Crippen molar-refractivity contribution in [2.75, 3.05) is 19.6 Å². The van der Waals surface area contributed by atoms with E-state index in [-0.39, 0.29) is 29.5 Å². The van der Waals surface area contributed by atoms with Crippen LogP contribution in [0, 0.1) is 18.2 Å². The van der Waals surface area contributed by atoms with Gasteiger partial charge in [-0.3, -0.25) is 4.79 Å². The van der Waals surface area contributed by atoms with Gasteiger partial charge in [0.15, 0.2) is 0 Å². The molecule has 1 aromatic heterocycles. The summed E-state index contributed by atoms with van der Waals surface area (Å²) in [6.07, 6.45) is 2.13. The Morgan fingerprint density at radius 3 is 2.74 bits per heavy atom. The molecule has 1 aromatic carbocycles. The summed E-state index contributed by atoms with van der Waals surface area (Å²) in [7, 11) is 0. The molecule has 0 radical (unpaired) electrons. The topological polar surface area (TPSA) is 41.1 Å². The van der Waals surface area contributed by atoms with Crippen LogP contribution in [0.4, 0.5) is 4.39 Å². The molecule has 23 heavy (non-hydrogen) atoms. The van der Waals surface area contributed by atoms with Crippen LogP contribution in [0.5, 0.6) is 0 Å². The minimum Gasteiger partial charge on any atom is -0.351 e. The summed E-state index contributed by atoms with van der Waals surface area (Å²) >= 11 is 1.37. The maximum absolute atomic E-state index is 13.9. The zero-order valence-electron chi connectivity index (χ0n) is 13.4.